The number of nitrogens with one attached hydrogen (secondary N) is 1. The number of hydrazine groups is 1. The lowest BCUT2D eigenvalue weighted by Gasteiger charge is -2.31. The van der Waals surface area contributed by atoms with Crippen molar-refractivity contribution in [2.24, 2.45) is 5.84 Å². The maximum atomic E-state index is 6.07. The van der Waals surface area contributed by atoms with Crippen LogP contribution in [-0.4, -0.2) is 24.1 Å². The lowest BCUT2D eigenvalue weighted by atomic mass is 10.1. The van der Waals surface area contributed by atoms with Gasteiger partial charge < -0.3 is 5.32 Å². The Bertz CT molecular complexity index is 280. The predicted octanol–water partition coefficient (Wildman–Crippen LogP) is 1.11. The van der Waals surface area contributed by atoms with E-state index in [9.17, 15) is 0 Å². The molecule has 3 heteroatoms. The Morgan fingerprint density at radius 1 is 1.33 bits per heavy atom. The van der Waals surface area contributed by atoms with Gasteiger partial charge in [0.25, 0.3) is 0 Å². The molecule has 15 heavy (non-hydrogen) atoms. The highest BCUT2D eigenvalue weighted by atomic mass is 15.4. The van der Waals surface area contributed by atoms with Gasteiger partial charge in [-0.25, -0.2) is 5.01 Å². The molecule has 3 nitrogen and oxygen atoms in total. The minimum atomic E-state index is 0.485. The highest BCUT2D eigenvalue weighted by Gasteiger charge is 2.17. The van der Waals surface area contributed by atoms with Crippen LogP contribution >= 0.6 is 0 Å². The van der Waals surface area contributed by atoms with E-state index in [0.29, 0.717) is 6.04 Å². The van der Waals surface area contributed by atoms with Gasteiger partial charge in [0.05, 0.1) is 0 Å². The second kappa shape index (κ2) is 5.26. The van der Waals surface area contributed by atoms with Crippen molar-refractivity contribution in [2.75, 3.05) is 13.1 Å². The number of hydrogen-bond donors (Lipinski definition) is 2. The Morgan fingerprint density at radius 3 is 2.80 bits per heavy atom. The van der Waals surface area contributed by atoms with Crippen molar-refractivity contribution in [2.45, 2.75) is 25.4 Å². The van der Waals surface area contributed by atoms with E-state index in [0.717, 1.165) is 19.6 Å². The van der Waals surface area contributed by atoms with Gasteiger partial charge in [0.15, 0.2) is 0 Å². The molecule has 1 aromatic carbocycles. The van der Waals surface area contributed by atoms with Gasteiger partial charge in [-0.05, 0) is 24.9 Å². The van der Waals surface area contributed by atoms with E-state index in [1.165, 1.54) is 18.4 Å². The van der Waals surface area contributed by atoms with E-state index in [2.05, 4.69) is 29.6 Å². The lowest BCUT2D eigenvalue weighted by molar-refractivity contribution is 0.160. The lowest BCUT2D eigenvalue weighted by Crippen LogP contribution is -2.48. The molecule has 0 spiro atoms. The second-order valence-corrected chi connectivity index (χ2v) is 4.16. The Kier molecular flexibility index (Phi) is 3.72. The van der Waals surface area contributed by atoms with Crippen LogP contribution in [0.4, 0.5) is 0 Å². The molecule has 0 aliphatic carbocycles. The molecule has 1 fully saturated rings. The van der Waals surface area contributed by atoms with Crippen molar-refractivity contribution in [3.05, 3.63) is 35.9 Å². The van der Waals surface area contributed by atoms with Gasteiger partial charge in [0.2, 0.25) is 0 Å². The van der Waals surface area contributed by atoms with E-state index in [-0.39, 0.29) is 0 Å². The van der Waals surface area contributed by atoms with Crippen LogP contribution < -0.4 is 11.2 Å². The molecule has 2 rings (SSSR count). The maximum absolute atomic E-state index is 6.07. The Morgan fingerprint density at radius 2 is 2.13 bits per heavy atom. The van der Waals surface area contributed by atoms with Gasteiger partial charge >= 0.3 is 0 Å². The van der Waals surface area contributed by atoms with Gasteiger partial charge in [-0.3, -0.25) is 5.84 Å². The largest absolute Gasteiger partial charge is 0.315 e. The van der Waals surface area contributed by atoms with E-state index in [1.807, 2.05) is 11.1 Å². The quantitative estimate of drug-likeness (QED) is 0.574. The predicted molar refractivity (Wildman–Crippen MR) is 62.1 cm³/mol. The number of nitrogens with two attached hydrogens (primary N) is 1. The molecule has 82 valence electrons. The fourth-order valence-electron chi connectivity index (χ4n) is 2.04. The summed E-state index contributed by atoms with van der Waals surface area (Å²) in [4.78, 5) is 0. The number of benzene rings is 1. The topological polar surface area (TPSA) is 41.3 Å². The maximum Gasteiger partial charge on any atom is 0.0383 e. The van der Waals surface area contributed by atoms with Crippen molar-refractivity contribution >= 4 is 0 Å². The van der Waals surface area contributed by atoms with E-state index in [4.69, 9.17) is 5.84 Å². The van der Waals surface area contributed by atoms with Gasteiger partial charge in [-0.15, -0.1) is 0 Å². The molecule has 1 aliphatic heterocycles. The fourth-order valence-corrected chi connectivity index (χ4v) is 2.04. The first-order chi connectivity index (χ1) is 7.36. The molecule has 0 radical (unpaired) electrons. The zero-order valence-corrected chi connectivity index (χ0v) is 9.02. The minimum Gasteiger partial charge on any atom is -0.315 e. The molecule has 0 saturated carbocycles. The average molecular weight is 205 g/mol. The molecule has 0 aromatic heterocycles. The van der Waals surface area contributed by atoms with Gasteiger partial charge in [-0.1, -0.05) is 30.3 Å². The van der Waals surface area contributed by atoms with Crippen LogP contribution in [0.3, 0.4) is 0 Å². The third-order valence-corrected chi connectivity index (χ3v) is 2.95. The molecule has 1 atom stereocenters. The molecular formula is C12H19N3. The minimum absolute atomic E-state index is 0.485. The van der Waals surface area contributed by atoms with Crippen LogP contribution in [0.2, 0.25) is 0 Å². The summed E-state index contributed by atoms with van der Waals surface area (Å²) in [5, 5.41) is 5.34. The fraction of sp³-hybridized carbons (Fsp3) is 0.500. The van der Waals surface area contributed by atoms with Crippen LogP contribution in [-0.2, 0) is 6.54 Å². The second-order valence-electron chi connectivity index (χ2n) is 4.16. The molecule has 0 amide bonds. The molecule has 1 unspecified atom stereocenters. The summed E-state index contributed by atoms with van der Waals surface area (Å²) in [5.74, 6) is 6.07. The van der Waals surface area contributed by atoms with E-state index >= 15 is 0 Å². The normalized spacial score (nSPS) is 21.9. The molecule has 1 saturated heterocycles. The van der Waals surface area contributed by atoms with Crippen LogP contribution in [0.15, 0.2) is 30.3 Å². The highest BCUT2D eigenvalue weighted by Crippen LogP contribution is 2.10. The summed E-state index contributed by atoms with van der Waals surface area (Å²) in [6, 6.07) is 10.9. The van der Waals surface area contributed by atoms with E-state index < -0.39 is 0 Å². The molecule has 1 heterocycles. The van der Waals surface area contributed by atoms with Gasteiger partial charge in [-0.2, -0.15) is 0 Å². The monoisotopic (exact) mass is 205 g/mol. The average Bonchev–Trinajstić information content (AvgIpc) is 2.31. The summed E-state index contributed by atoms with van der Waals surface area (Å²) in [6.07, 6.45) is 2.43. The summed E-state index contributed by atoms with van der Waals surface area (Å²) in [7, 11) is 0. The van der Waals surface area contributed by atoms with Crippen LogP contribution in [0, 0.1) is 0 Å². The molecule has 1 aliphatic rings. The zero-order valence-electron chi connectivity index (χ0n) is 9.02. The molecule has 3 N–H and O–H groups in total. The summed E-state index contributed by atoms with van der Waals surface area (Å²) in [6.45, 7) is 2.99. The first kappa shape index (κ1) is 10.6. The van der Waals surface area contributed by atoms with Crippen molar-refractivity contribution in [3.8, 4) is 0 Å². The number of hydrogen-bond acceptors (Lipinski definition) is 3. The van der Waals surface area contributed by atoms with Crippen LogP contribution in [0.1, 0.15) is 18.4 Å². The van der Waals surface area contributed by atoms with Crippen molar-refractivity contribution in [1.29, 1.82) is 0 Å². The summed E-state index contributed by atoms with van der Waals surface area (Å²) < 4.78 is 0. The third-order valence-electron chi connectivity index (χ3n) is 2.95. The van der Waals surface area contributed by atoms with Crippen molar-refractivity contribution < 1.29 is 0 Å². The highest BCUT2D eigenvalue weighted by molar-refractivity contribution is 5.14. The Labute approximate surface area is 91.2 Å². The number of piperidine rings is 1. The third kappa shape index (κ3) is 3.02. The van der Waals surface area contributed by atoms with Crippen LogP contribution in [0.25, 0.3) is 0 Å². The van der Waals surface area contributed by atoms with Crippen molar-refractivity contribution in [1.82, 2.24) is 10.3 Å². The zero-order chi connectivity index (χ0) is 10.5. The first-order valence-electron chi connectivity index (χ1n) is 5.62. The number of rotatable bonds is 3. The molecule has 0 bridgehead atoms. The first-order valence-corrected chi connectivity index (χ1v) is 5.62. The summed E-state index contributed by atoms with van der Waals surface area (Å²) in [5.41, 5.74) is 1.28. The smallest absolute Gasteiger partial charge is 0.0383 e. The Balaban J connectivity index is 1.88. The summed E-state index contributed by atoms with van der Waals surface area (Å²) >= 11 is 0. The molecular weight excluding hydrogens is 186 g/mol. The van der Waals surface area contributed by atoms with Gasteiger partial charge in [0.1, 0.15) is 0 Å². The van der Waals surface area contributed by atoms with E-state index in [1.54, 1.807) is 0 Å². The van der Waals surface area contributed by atoms with Crippen molar-refractivity contribution in [3.63, 3.8) is 0 Å². The standard InChI is InChI=1S/C12H19N3/c13-15(12-7-4-8-14-9-12)10-11-5-2-1-3-6-11/h1-3,5-6,12,14H,4,7-10,13H2. The Hall–Kier alpha value is -0.900. The van der Waals surface area contributed by atoms with Crippen LogP contribution in [0.5, 0.6) is 0 Å². The van der Waals surface area contributed by atoms with Gasteiger partial charge in [0, 0.05) is 19.1 Å². The molecule has 1 aromatic rings. The SMILES string of the molecule is NN(Cc1ccccc1)C1CCCNC1. The number of nitrogens with zero attached hydrogens (tertiary/aromatic N) is 1.